The molecular weight excluding hydrogens is 266 g/mol. The summed E-state index contributed by atoms with van der Waals surface area (Å²) < 4.78 is 0. The van der Waals surface area contributed by atoms with Crippen molar-refractivity contribution in [3.05, 3.63) is 29.8 Å². The van der Waals surface area contributed by atoms with E-state index >= 15 is 0 Å². The third-order valence-corrected chi connectivity index (χ3v) is 4.20. The van der Waals surface area contributed by atoms with E-state index in [1.807, 2.05) is 12.1 Å². The first-order valence-corrected chi connectivity index (χ1v) is 7.66. The van der Waals surface area contributed by atoms with E-state index in [1.165, 1.54) is 24.8 Å². The number of carbonyl (C=O) groups is 2. The van der Waals surface area contributed by atoms with Crippen molar-refractivity contribution in [2.24, 2.45) is 0 Å². The average molecular weight is 287 g/mol. The smallest absolute Gasteiger partial charge is 0.316 e. The van der Waals surface area contributed by atoms with Gasteiger partial charge in [0, 0.05) is 24.8 Å². The summed E-state index contributed by atoms with van der Waals surface area (Å²) in [5, 5.41) is 6.10. The summed E-state index contributed by atoms with van der Waals surface area (Å²) in [6.45, 7) is 2.16. The number of rotatable bonds is 3. The number of amides is 2. The molecule has 5 heteroatoms. The maximum Gasteiger partial charge on any atom is 0.316 e. The van der Waals surface area contributed by atoms with E-state index < -0.39 is 11.8 Å². The Morgan fingerprint density at radius 3 is 2.62 bits per heavy atom. The molecule has 0 aliphatic carbocycles. The zero-order chi connectivity index (χ0) is 14.7. The Morgan fingerprint density at radius 1 is 1.10 bits per heavy atom. The zero-order valence-electron chi connectivity index (χ0n) is 12.1. The highest BCUT2D eigenvalue weighted by molar-refractivity contribution is 6.41. The van der Waals surface area contributed by atoms with Gasteiger partial charge >= 0.3 is 11.8 Å². The van der Waals surface area contributed by atoms with E-state index in [0.717, 1.165) is 18.7 Å². The molecular formula is C16H21N3O2. The number of hydrogen-bond donors (Lipinski definition) is 2. The molecule has 2 fully saturated rings. The number of anilines is 1. The summed E-state index contributed by atoms with van der Waals surface area (Å²) in [6.07, 6.45) is 4.82. The second-order valence-corrected chi connectivity index (χ2v) is 5.73. The van der Waals surface area contributed by atoms with Gasteiger partial charge in [-0.05, 0) is 43.5 Å². The van der Waals surface area contributed by atoms with Crippen LogP contribution in [-0.4, -0.2) is 37.5 Å². The van der Waals surface area contributed by atoms with Crippen molar-refractivity contribution in [1.29, 1.82) is 0 Å². The SMILES string of the molecule is O=C1NCCN(c2ccc(CC3CCCCN3)cc2)C1=O. The molecule has 0 saturated carbocycles. The normalized spacial score (nSPS) is 23.0. The van der Waals surface area contributed by atoms with Gasteiger partial charge in [-0.25, -0.2) is 0 Å². The van der Waals surface area contributed by atoms with Crippen LogP contribution in [0.5, 0.6) is 0 Å². The Labute approximate surface area is 124 Å². The third-order valence-electron chi connectivity index (χ3n) is 4.20. The summed E-state index contributed by atoms with van der Waals surface area (Å²) in [4.78, 5) is 24.8. The molecule has 2 aliphatic heterocycles. The molecule has 0 spiro atoms. The average Bonchev–Trinajstić information content (AvgIpc) is 2.52. The molecule has 21 heavy (non-hydrogen) atoms. The van der Waals surface area contributed by atoms with Crippen LogP contribution in [0.1, 0.15) is 24.8 Å². The topological polar surface area (TPSA) is 61.4 Å². The lowest BCUT2D eigenvalue weighted by molar-refractivity contribution is -0.138. The molecule has 5 nitrogen and oxygen atoms in total. The number of benzene rings is 1. The van der Waals surface area contributed by atoms with Gasteiger partial charge in [0.15, 0.2) is 0 Å². The molecule has 112 valence electrons. The first-order valence-electron chi connectivity index (χ1n) is 7.66. The molecule has 3 rings (SSSR count). The minimum Gasteiger partial charge on any atom is -0.346 e. The maximum absolute atomic E-state index is 11.8. The van der Waals surface area contributed by atoms with E-state index in [1.54, 1.807) is 4.90 Å². The number of piperazine rings is 1. The zero-order valence-corrected chi connectivity index (χ0v) is 12.1. The summed E-state index contributed by atoms with van der Waals surface area (Å²) >= 11 is 0. The Morgan fingerprint density at radius 2 is 1.90 bits per heavy atom. The lowest BCUT2D eigenvalue weighted by atomic mass is 9.97. The third kappa shape index (κ3) is 3.24. The Hall–Kier alpha value is -1.88. The van der Waals surface area contributed by atoms with Gasteiger partial charge < -0.3 is 15.5 Å². The van der Waals surface area contributed by atoms with Crippen LogP contribution >= 0.6 is 0 Å². The van der Waals surface area contributed by atoms with Crippen molar-refractivity contribution in [2.45, 2.75) is 31.7 Å². The van der Waals surface area contributed by atoms with Crippen molar-refractivity contribution >= 4 is 17.5 Å². The molecule has 2 N–H and O–H groups in total. The van der Waals surface area contributed by atoms with Gasteiger partial charge in [0.05, 0.1) is 0 Å². The molecule has 2 aliphatic rings. The van der Waals surface area contributed by atoms with Gasteiger partial charge in [0.25, 0.3) is 0 Å². The molecule has 0 radical (unpaired) electrons. The lowest BCUT2D eigenvalue weighted by Crippen LogP contribution is -2.52. The van der Waals surface area contributed by atoms with Crippen molar-refractivity contribution in [3.63, 3.8) is 0 Å². The molecule has 1 atom stereocenters. The number of carbonyl (C=O) groups excluding carboxylic acids is 2. The van der Waals surface area contributed by atoms with Gasteiger partial charge in [-0.15, -0.1) is 0 Å². The second-order valence-electron chi connectivity index (χ2n) is 5.73. The van der Waals surface area contributed by atoms with Gasteiger partial charge in [-0.1, -0.05) is 18.6 Å². The summed E-state index contributed by atoms with van der Waals surface area (Å²) in [7, 11) is 0. The number of piperidine rings is 1. The molecule has 1 aromatic carbocycles. The van der Waals surface area contributed by atoms with E-state index in [0.29, 0.717) is 19.1 Å². The largest absolute Gasteiger partial charge is 0.346 e. The fourth-order valence-corrected chi connectivity index (χ4v) is 3.02. The molecule has 2 heterocycles. The fourth-order valence-electron chi connectivity index (χ4n) is 3.02. The fraction of sp³-hybridized carbons (Fsp3) is 0.500. The van der Waals surface area contributed by atoms with Gasteiger partial charge in [0.2, 0.25) is 0 Å². The van der Waals surface area contributed by atoms with E-state index in [2.05, 4.69) is 22.8 Å². The van der Waals surface area contributed by atoms with Crippen LogP contribution in [0, 0.1) is 0 Å². The van der Waals surface area contributed by atoms with Gasteiger partial charge in [-0.2, -0.15) is 0 Å². The molecule has 0 bridgehead atoms. The minimum atomic E-state index is -0.517. The van der Waals surface area contributed by atoms with Crippen LogP contribution in [0.2, 0.25) is 0 Å². The second kappa shape index (κ2) is 6.26. The van der Waals surface area contributed by atoms with Crippen LogP contribution in [-0.2, 0) is 16.0 Å². The lowest BCUT2D eigenvalue weighted by Gasteiger charge is -2.27. The van der Waals surface area contributed by atoms with Crippen LogP contribution < -0.4 is 15.5 Å². The van der Waals surface area contributed by atoms with Crippen molar-refractivity contribution in [3.8, 4) is 0 Å². The number of nitrogens with one attached hydrogen (secondary N) is 2. The monoisotopic (exact) mass is 287 g/mol. The van der Waals surface area contributed by atoms with Crippen LogP contribution in [0.15, 0.2) is 24.3 Å². The standard InChI is InChI=1S/C16H21N3O2/c20-15-16(21)19(10-9-18-15)14-6-4-12(5-7-14)11-13-3-1-2-8-17-13/h4-7,13,17H,1-3,8-11H2,(H,18,20). The molecule has 2 amide bonds. The summed E-state index contributed by atoms with van der Waals surface area (Å²) in [5.41, 5.74) is 2.07. The van der Waals surface area contributed by atoms with E-state index in [-0.39, 0.29) is 0 Å². The minimum absolute atomic E-state index is 0.469. The van der Waals surface area contributed by atoms with Crippen molar-refractivity contribution in [2.75, 3.05) is 24.5 Å². The maximum atomic E-state index is 11.8. The first-order chi connectivity index (χ1) is 10.2. The van der Waals surface area contributed by atoms with E-state index in [9.17, 15) is 9.59 Å². The highest BCUT2D eigenvalue weighted by Gasteiger charge is 2.27. The predicted octanol–water partition coefficient (Wildman–Crippen LogP) is 0.834. The predicted molar refractivity (Wildman–Crippen MR) is 81.2 cm³/mol. The Balaban J connectivity index is 1.66. The highest BCUT2D eigenvalue weighted by Crippen LogP contribution is 2.19. The number of hydrogen-bond acceptors (Lipinski definition) is 3. The molecule has 1 unspecified atom stereocenters. The van der Waals surface area contributed by atoms with E-state index in [4.69, 9.17) is 0 Å². The molecule has 0 aromatic heterocycles. The quantitative estimate of drug-likeness (QED) is 0.810. The van der Waals surface area contributed by atoms with Crippen molar-refractivity contribution in [1.82, 2.24) is 10.6 Å². The van der Waals surface area contributed by atoms with Crippen molar-refractivity contribution < 1.29 is 9.59 Å². The Kier molecular flexibility index (Phi) is 4.20. The van der Waals surface area contributed by atoms with Crippen LogP contribution in [0.4, 0.5) is 5.69 Å². The molecule has 2 saturated heterocycles. The Bertz CT molecular complexity index is 521. The van der Waals surface area contributed by atoms with Crippen LogP contribution in [0.25, 0.3) is 0 Å². The van der Waals surface area contributed by atoms with Gasteiger partial charge in [0.1, 0.15) is 0 Å². The first kappa shape index (κ1) is 14.1. The summed E-state index contributed by atoms with van der Waals surface area (Å²) in [5.74, 6) is -0.986. The highest BCUT2D eigenvalue weighted by atomic mass is 16.2. The van der Waals surface area contributed by atoms with Gasteiger partial charge in [-0.3, -0.25) is 9.59 Å². The number of nitrogens with zero attached hydrogens (tertiary/aromatic N) is 1. The molecule has 1 aromatic rings. The summed E-state index contributed by atoms with van der Waals surface area (Å²) in [6, 6.07) is 8.56. The van der Waals surface area contributed by atoms with Crippen LogP contribution in [0.3, 0.4) is 0 Å².